The molecule has 1 atom stereocenters. The fraction of sp³-hybridized carbons (Fsp3) is 0.364. The zero-order valence-electron chi connectivity index (χ0n) is 9.30. The van der Waals surface area contributed by atoms with Crippen LogP contribution in [-0.2, 0) is 10.3 Å². The summed E-state index contributed by atoms with van der Waals surface area (Å²) < 4.78 is 38.4. The monoisotopic (exact) mass is 247 g/mol. The van der Waals surface area contributed by atoms with Crippen LogP contribution in [0.2, 0.25) is 0 Å². The highest BCUT2D eigenvalue weighted by atomic mass is 19.4. The number of benzene rings is 1. The highest BCUT2D eigenvalue weighted by Gasteiger charge is 2.60. The van der Waals surface area contributed by atoms with Crippen LogP contribution in [0.4, 0.5) is 13.2 Å². The molecule has 0 amide bonds. The average molecular weight is 247 g/mol. The fourth-order valence-electron chi connectivity index (χ4n) is 1.65. The minimum Gasteiger partial charge on any atom is -0.479 e. The molecule has 0 aliphatic carbocycles. The lowest BCUT2D eigenvalue weighted by molar-refractivity contribution is -0.204. The van der Waals surface area contributed by atoms with Gasteiger partial charge < -0.3 is 10.8 Å². The number of hydrogen-bond acceptors (Lipinski definition) is 2. The van der Waals surface area contributed by atoms with E-state index in [1.165, 1.54) is 19.1 Å². The molecule has 1 rings (SSSR count). The third-order valence-electron chi connectivity index (χ3n) is 2.59. The van der Waals surface area contributed by atoms with Crippen molar-refractivity contribution in [3.63, 3.8) is 0 Å². The second-order valence-electron chi connectivity index (χ2n) is 3.93. The van der Waals surface area contributed by atoms with Gasteiger partial charge in [0, 0.05) is 0 Å². The minimum absolute atomic E-state index is 0.201. The van der Waals surface area contributed by atoms with Gasteiger partial charge in [-0.25, -0.2) is 4.79 Å². The van der Waals surface area contributed by atoms with E-state index in [0.717, 1.165) is 11.6 Å². The third-order valence-corrected chi connectivity index (χ3v) is 2.59. The molecule has 0 saturated carbocycles. The predicted molar refractivity (Wildman–Crippen MR) is 55.5 cm³/mol. The molecular formula is C11H12F3NO2. The second kappa shape index (κ2) is 4.03. The van der Waals surface area contributed by atoms with E-state index in [1.54, 1.807) is 6.92 Å². The molecule has 0 radical (unpaired) electrons. The Morgan fingerprint density at radius 1 is 1.29 bits per heavy atom. The van der Waals surface area contributed by atoms with Gasteiger partial charge in [0.1, 0.15) is 0 Å². The Labute approximate surface area is 96.0 Å². The Kier molecular flexibility index (Phi) is 3.20. The topological polar surface area (TPSA) is 63.3 Å². The molecule has 0 fully saturated rings. The van der Waals surface area contributed by atoms with E-state index in [2.05, 4.69) is 0 Å². The van der Waals surface area contributed by atoms with Crippen molar-refractivity contribution in [2.45, 2.75) is 25.6 Å². The molecule has 94 valence electrons. The SMILES string of the molecule is Cc1ccc(C(N)(C(=O)O)C(F)(F)F)c(C)c1. The molecule has 3 N–H and O–H groups in total. The molecule has 0 spiro atoms. The van der Waals surface area contributed by atoms with Gasteiger partial charge in [0.05, 0.1) is 0 Å². The third kappa shape index (κ3) is 2.12. The van der Waals surface area contributed by atoms with Crippen LogP contribution >= 0.6 is 0 Å². The maximum Gasteiger partial charge on any atom is 0.421 e. The van der Waals surface area contributed by atoms with Gasteiger partial charge in [-0.15, -0.1) is 0 Å². The molecule has 1 aromatic carbocycles. The Morgan fingerprint density at radius 3 is 2.18 bits per heavy atom. The summed E-state index contributed by atoms with van der Waals surface area (Å²) >= 11 is 0. The van der Waals surface area contributed by atoms with Crippen molar-refractivity contribution < 1.29 is 23.1 Å². The first kappa shape index (κ1) is 13.5. The minimum atomic E-state index is -5.06. The summed E-state index contributed by atoms with van der Waals surface area (Å²) in [6, 6.07) is 3.97. The Hall–Kier alpha value is -1.56. The molecule has 0 aromatic heterocycles. The smallest absolute Gasteiger partial charge is 0.421 e. The first-order chi connectivity index (χ1) is 7.60. The van der Waals surface area contributed by atoms with Gasteiger partial charge in [-0.2, -0.15) is 13.2 Å². The van der Waals surface area contributed by atoms with Crippen molar-refractivity contribution in [2.75, 3.05) is 0 Å². The zero-order chi connectivity index (χ0) is 13.4. The van der Waals surface area contributed by atoms with E-state index in [9.17, 15) is 18.0 Å². The second-order valence-corrected chi connectivity index (χ2v) is 3.93. The lowest BCUT2D eigenvalue weighted by Crippen LogP contribution is -2.56. The van der Waals surface area contributed by atoms with E-state index >= 15 is 0 Å². The summed E-state index contributed by atoms with van der Waals surface area (Å²) in [7, 11) is 0. The number of alkyl halides is 3. The van der Waals surface area contributed by atoms with Crippen LogP contribution in [0.3, 0.4) is 0 Å². The van der Waals surface area contributed by atoms with Gasteiger partial charge in [0.15, 0.2) is 0 Å². The van der Waals surface area contributed by atoms with E-state index in [-0.39, 0.29) is 5.56 Å². The van der Waals surface area contributed by atoms with Gasteiger partial charge in [-0.05, 0) is 25.0 Å². The van der Waals surface area contributed by atoms with E-state index in [0.29, 0.717) is 0 Å². The summed E-state index contributed by atoms with van der Waals surface area (Å²) in [4.78, 5) is 10.9. The largest absolute Gasteiger partial charge is 0.479 e. The molecule has 0 aliphatic heterocycles. The number of aliphatic carboxylic acids is 1. The van der Waals surface area contributed by atoms with E-state index < -0.39 is 23.2 Å². The van der Waals surface area contributed by atoms with Gasteiger partial charge in [0.2, 0.25) is 5.54 Å². The van der Waals surface area contributed by atoms with Crippen molar-refractivity contribution in [1.82, 2.24) is 0 Å². The van der Waals surface area contributed by atoms with Crippen molar-refractivity contribution in [1.29, 1.82) is 0 Å². The predicted octanol–water partition coefficient (Wildman–Crippen LogP) is 2.10. The fourth-order valence-corrected chi connectivity index (χ4v) is 1.65. The molecule has 6 heteroatoms. The average Bonchev–Trinajstić information content (AvgIpc) is 2.14. The Balaban J connectivity index is 3.49. The van der Waals surface area contributed by atoms with Crippen LogP contribution in [0.5, 0.6) is 0 Å². The van der Waals surface area contributed by atoms with Crippen molar-refractivity contribution in [2.24, 2.45) is 5.73 Å². The number of halogens is 3. The first-order valence-corrected chi connectivity index (χ1v) is 4.77. The summed E-state index contributed by atoms with van der Waals surface area (Å²) in [6.45, 7) is 3.10. The lowest BCUT2D eigenvalue weighted by Gasteiger charge is -2.29. The van der Waals surface area contributed by atoms with E-state index in [4.69, 9.17) is 10.8 Å². The van der Waals surface area contributed by atoms with Crippen LogP contribution in [0.15, 0.2) is 18.2 Å². The lowest BCUT2D eigenvalue weighted by atomic mass is 9.86. The van der Waals surface area contributed by atoms with Crippen LogP contribution < -0.4 is 5.73 Å². The standard InChI is InChI=1S/C11H12F3NO2/c1-6-3-4-8(7(2)5-6)10(15,9(16)17)11(12,13)14/h3-5H,15H2,1-2H3,(H,16,17). The molecule has 17 heavy (non-hydrogen) atoms. The van der Waals surface area contributed by atoms with Crippen LogP contribution in [0.1, 0.15) is 16.7 Å². The number of hydrogen-bond donors (Lipinski definition) is 2. The number of carboxylic acids is 1. The summed E-state index contributed by atoms with van der Waals surface area (Å²) in [5.41, 5.74) is 2.19. The molecule has 0 bridgehead atoms. The van der Waals surface area contributed by atoms with Crippen LogP contribution in [0, 0.1) is 13.8 Å². The maximum absolute atomic E-state index is 12.8. The molecule has 0 heterocycles. The van der Waals surface area contributed by atoms with Crippen LogP contribution in [0.25, 0.3) is 0 Å². The quantitative estimate of drug-likeness (QED) is 0.841. The summed E-state index contributed by atoms with van der Waals surface area (Å²) in [5.74, 6) is -2.11. The van der Waals surface area contributed by atoms with Crippen molar-refractivity contribution in [3.8, 4) is 0 Å². The van der Waals surface area contributed by atoms with Crippen molar-refractivity contribution in [3.05, 3.63) is 34.9 Å². The Morgan fingerprint density at radius 2 is 1.82 bits per heavy atom. The molecule has 1 unspecified atom stereocenters. The van der Waals surface area contributed by atoms with Gasteiger partial charge in [0.25, 0.3) is 0 Å². The number of carboxylic acid groups (broad SMARTS) is 1. The molecule has 1 aromatic rings. The summed E-state index contributed by atoms with van der Waals surface area (Å²) in [6.07, 6.45) is -5.06. The zero-order valence-corrected chi connectivity index (χ0v) is 9.30. The van der Waals surface area contributed by atoms with Gasteiger partial charge in [-0.1, -0.05) is 23.8 Å². The number of carbonyl (C=O) groups is 1. The normalized spacial score (nSPS) is 15.4. The number of nitrogens with two attached hydrogens (primary N) is 1. The highest BCUT2D eigenvalue weighted by Crippen LogP contribution is 2.38. The maximum atomic E-state index is 12.8. The van der Waals surface area contributed by atoms with Crippen molar-refractivity contribution >= 4 is 5.97 Å². The molecular weight excluding hydrogens is 235 g/mol. The first-order valence-electron chi connectivity index (χ1n) is 4.77. The molecule has 3 nitrogen and oxygen atoms in total. The highest BCUT2D eigenvalue weighted by molar-refractivity contribution is 5.82. The molecule has 0 aliphatic rings. The van der Waals surface area contributed by atoms with Crippen LogP contribution in [-0.4, -0.2) is 17.3 Å². The van der Waals surface area contributed by atoms with E-state index in [1.807, 2.05) is 0 Å². The molecule has 0 saturated heterocycles. The summed E-state index contributed by atoms with van der Waals surface area (Å²) in [5, 5.41) is 8.77. The number of aryl methyl sites for hydroxylation is 2. The van der Waals surface area contributed by atoms with Gasteiger partial charge >= 0.3 is 12.1 Å². The van der Waals surface area contributed by atoms with Gasteiger partial charge in [-0.3, -0.25) is 0 Å². The number of rotatable bonds is 2. The Bertz CT molecular complexity index is 457.